The number of nitrogens with zero attached hydrogens (tertiary/aromatic N) is 2. The molecular formula is C31H23BN2. The van der Waals surface area contributed by atoms with E-state index in [1.807, 2.05) is 0 Å². The van der Waals surface area contributed by atoms with Gasteiger partial charge < -0.3 is 9.13 Å². The first-order chi connectivity index (χ1) is 16.7. The first-order valence-corrected chi connectivity index (χ1v) is 11.8. The molecule has 0 spiro atoms. The van der Waals surface area contributed by atoms with Crippen molar-refractivity contribution in [2.75, 3.05) is 0 Å². The Hall–Kier alpha value is -4.24. The Morgan fingerprint density at radius 3 is 1.94 bits per heavy atom. The Morgan fingerprint density at radius 1 is 0.529 bits per heavy atom. The van der Waals surface area contributed by atoms with Crippen molar-refractivity contribution in [3.05, 3.63) is 115 Å². The lowest BCUT2D eigenvalue weighted by atomic mass is 9.94. The fourth-order valence-corrected chi connectivity index (χ4v) is 5.63. The van der Waals surface area contributed by atoms with Crippen LogP contribution in [0.15, 0.2) is 109 Å². The van der Waals surface area contributed by atoms with E-state index in [0.717, 1.165) is 0 Å². The van der Waals surface area contributed by atoms with Crippen molar-refractivity contribution < 1.29 is 0 Å². The molecule has 0 saturated carbocycles. The lowest BCUT2D eigenvalue weighted by molar-refractivity contribution is 1.15. The molecule has 3 heteroatoms. The van der Waals surface area contributed by atoms with Gasteiger partial charge in [-0.1, -0.05) is 84.3 Å². The third-order valence-electron chi connectivity index (χ3n) is 7.17. The van der Waals surface area contributed by atoms with Crippen molar-refractivity contribution in [1.82, 2.24) is 9.13 Å². The van der Waals surface area contributed by atoms with Gasteiger partial charge in [0.15, 0.2) is 0 Å². The minimum Gasteiger partial charge on any atom is -0.310 e. The molecule has 0 unspecified atom stereocenters. The van der Waals surface area contributed by atoms with Gasteiger partial charge in [0.1, 0.15) is 7.85 Å². The van der Waals surface area contributed by atoms with Gasteiger partial charge in [-0.2, -0.15) is 0 Å². The monoisotopic (exact) mass is 434 g/mol. The molecule has 0 atom stereocenters. The number of rotatable bonds is 2. The van der Waals surface area contributed by atoms with Gasteiger partial charge >= 0.3 is 0 Å². The van der Waals surface area contributed by atoms with Gasteiger partial charge in [0.05, 0.1) is 22.1 Å². The molecule has 2 aromatic heterocycles. The first kappa shape index (κ1) is 19.3. The molecule has 0 aliphatic rings. The smallest absolute Gasteiger partial charge is 0.142 e. The summed E-state index contributed by atoms with van der Waals surface area (Å²) >= 11 is 0. The van der Waals surface area contributed by atoms with E-state index in [2.05, 4.69) is 133 Å². The highest BCUT2D eigenvalue weighted by Gasteiger charge is 2.17. The number of aromatic nitrogens is 2. The number of hydrogen-bond donors (Lipinski definition) is 0. The molecule has 0 saturated heterocycles. The van der Waals surface area contributed by atoms with Crippen molar-refractivity contribution in [1.29, 1.82) is 0 Å². The highest BCUT2D eigenvalue weighted by Crippen LogP contribution is 2.37. The molecule has 2 heterocycles. The van der Waals surface area contributed by atoms with E-state index >= 15 is 0 Å². The second-order valence-electron chi connectivity index (χ2n) is 9.16. The van der Waals surface area contributed by atoms with Crippen LogP contribution in [0.3, 0.4) is 0 Å². The molecule has 7 aromatic rings. The molecule has 0 aliphatic heterocycles. The summed E-state index contributed by atoms with van der Waals surface area (Å²) in [6.07, 6.45) is 0. The van der Waals surface area contributed by atoms with Gasteiger partial charge in [0.25, 0.3) is 0 Å². The Balaban J connectivity index is 1.64. The molecule has 160 valence electrons. The summed E-state index contributed by atoms with van der Waals surface area (Å²) in [6, 6.07) is 39.6. The Labute approximate surface area is 199 Å². The van der Waals surface area contributed by atoms with Gasteiger partial charge in [-0.3, -0.25) is 0 Å². The summed E-state index contributed by atoms with van der Waals surface area (Å²) in [5.74, 6) is 0. The quantitative estimate of drug-likeness (QED) is 0.277. The summed E-state index contributed by atoms with van der Waals surface area (Å²) < 4.78 is 4.85. The lowest BCUT2D eigenvalue weighted by Crippen LogP contribution is -2.11. The first-order valence-electron chi connectivity index (χ1n) is 11.8. The Bertz CT molecular complexity index is 1890. The summed E-state index contributed by atoms with van der Waals surface area (Å²) in [5, 5.41) is 5.15. The fraction of sp³-hybridized carbons (Fsp3) is 0.0323. The number of hydrogen-bond acceptors (Lipinski definition) is 0. The normalized spacial score (nSPS) is 11.8. The number of benzene rings is 5. The molecule has 34 heavy (non-hydrogen) atoms. The van der Waals surface area contributed by atoms with E-state index in [0.29, 0.717) is 0 Å². The van der Waals surface area contributed by atoms with Gasteiger partial charge in [-0.25, -0.2) is 0 Å². The number of fused-ring (bicyclic) bond motifs is 6. The second kappa shape index (κ2) is 7.13. The van der Waals surface area contributed by atoms with Crippen LogP contribution in [0, 0.1) is 6.92 Å². The predicted octanol–water partition coefficient (Wildman–Crippen LogP) is 6.45. The highest BCUT2D eigenvalue weighted by atomic mass is 15.0. The standard InChI is InChI=1S/C31H23BN2/c1-20-9-8-12-25-23-11-3-5-14-27(23)33(31(20)25)21-17-18-24-22-10-2-6-15-28(22)34(30(24)19-21)29-16-7-4-13-26(29)32/h2-19H,32H2,1H3. The van der Waals surface area contributed by atoms with Crippen molar-refractivity contribution in [3.8, 4) is 11.4 Å². The summed E-state index contributed by atoms with van der Waals surface area (Å²) in [7, 11) is 2.19. The van der Waals surface area contributed by atoms with Crippen LogP contribution < -0.4 is 5.46 Å². The Kier molecular flexibility index (Phi) is 4.04. The lowest BCUT2D eigenvalue weighted by Gasteiger charge is -2.13. The van der Waals surface area contributed by atoms with Crippen LogP contribution in [0.5, 0.6) is 0 Å². The van der Waals surface area contributed by atoms with Crippen LogP contribution >= 0.6 is 0 Å². The summed E-state index contributed by atoms with van der Waals surface area (Å²) in [6.45, 7) is 2.21. The van der Waals surface area contributed by atoms with Gasteiger partial charge in [0, 0.05) is 32.9 Å². The van der Waals surface area contributed by atoms with E-state index in [1.165, 1.54) is 66.0 Å². The highest BCUT2D eigenvalue weighted by molar-refractivity contribution is 6.35. The largest absolute Gasteiger partial charge is 0.310 e. The Morgan fingerprint density at radius 2 is 1.15 bits per heavy atom. The SMILES string of the molecule is Bc1ccccc1-n1c2ccccc2c2ccc(-n3c4ccccc4c4cccc(C)c43)cc21. The number of aryl methyl sites for hydroxylation is 1. The minimum atomic E-state index is 1.19. The van der Waals surface area contributed by atoms with Crippen LogP contribution in [-0.4, -0.2) is 17.0 Å². The molecule has 0 bridgehead atoms. The van der Waals surface area contributed by atoms with E-state index in [9.17, 15) is 0 Å². The van der Waals surface area contributed by atoms with Gasteiger partial charge in [0.2, 0.25) is 0 Å². The van der Waals surface area contributed by atoms with Crippen LogP contribution in [0.4, 0.5) is 0 Å². The van der Waals surface area contributed by atoms with Crippen molar-refractivity contribution >= 4 is 56.9 Å². The molecule has 5 aromatic carbocycles. The molecule has 0 amide bonds. The zero-order chi connectivity index (χ0) is 22.8. The van der Waals surface area contributed by atoms with E-state index in [4.69, 9.17) is 0 Å². The fourth-order valence-electron chi connectivity index (χ4n) is 5.63. The minimum absolute atomic E-state index is 1.19. The molecule has 7 rings (SSSR count). The maximum absolute atomic E-state index is 2.43. The second-order valence-corrected chi connectivity index (χ2v) is 9.16. The van der Waals surface area contributed by atoms with Crippen LogP contribution in [-0.2, 0) is 0 Å². The topological polar surface area (TPSA) is 9.86 Å². The van der Waals surface area contributed by atoms with Gasteiger partial charge in [-0.15, -0.1) is 0 Å². The van der Waals surface area contributed by atoms with Crippen LogP contribution in [0.2, 0.25) is 0 Å². The molecule has 0 radical (unpaired) electrons. The van der Waals surface area contributed by atoms with Gasteiger partial charge in [-0.05, 0) is 42.8 Å². The maximum atomic E-state index is 2.43. The number of para-hydroxylation sites is 4. The van der Waals surface area contributed by atoms with E-state index in [1.54, 1.807) is 0 Å². The van der Waals surface area contributed by atoms with Crippen molar-refractivity contribution in [2.45, 2.75) is 6.92 Å². The van der Waals surface area contributed by atoms with Crippen LogP contribution in [0.1, 0.15) is 5.56 Å². The predicted molar refractivity (Wildman–Crippen MR) is 148 cm³/mol. The third kappa shape index (κ3) is 2.58. The summed E-state index contributed by atoms with van der Waals surface area (Å²) in [4.78, 5) is 0. The molecule has 0 aliphatic carbocycles. The average Bonchev–Trinajstić information content (AvgIpc) is 3.38. The zero-order valence-corrected chi connectivity index (χ0v) is 19.3. The molecule has 0 N–H and O–H groups in total. The van der Waals surface area contributed by atoms with Crippen molar-refractivity contribution in [3.63, 3.8) is 0 Å². The van der Waals surface area contributed by atoms with Crippen LogP contribution in [0.25, 0.3) is 55.0 Å². The van der Waals surface area contributed by atoms with Crippen molar-refractivity contribution in [2.24, 2.45) is 0 Å². The molecule has 2 nitrogen and oxygen atoms in total. The van der Waals surface area contributed by atoms with E-state index in [-0.39, 0.29) is 0 Å². The average molecular weight is 434 g/mol. The summed E-state index contributed by atoms with van der Waals surface area (Å²) in [5.41, 5.74) is 9.95. The molecular weight excluding hydrogens is 411 g/mol. The zero-order valence-electron chi connectivity index (χ0n) is 19.3. The third-order valence-corrected chi connectivity index (χ3v) is 7.17. The molecule has 0 fully saturated rings. The maximum Gasteiger partial charge on any atom is 0.142 e. The van der Waals surface area contributed by atoms with E-state index < -0.39 is 0 Å².